The molecular formula is C26H34Br2N2. The molecule has 0 saturated carbocycles. The molecule has 1 aromatic carbocycles. The van der Waals surface area contributed by atoms with Crippen molar-refractivity contribution in [3.63, 3.8) is 0 Å². The van der Waals surface area contributed by atoms with Gasteiger partial charge in [0.05, 0.1) is 39.3 Å². The monoisotopic (exact) mass is 532 g/mol. The number of benzene rings is 1. The highest BCUT2D eigenvalue weighted by molar-refractivity contribution is 5.41. The van der Waals surface area contributed by atoms with Gasteiger partial charge in [0, 0.05) is 36.8 Å². The first kappa shape index (κ1) is 26.7. The fraction of sp³-hybridized carbons (Fsp3) is 0.462. The van der Waals surface area contributed by atoms with Crippen molar-refractivity contribution in [1.82, 2.24) is 0 Å². The lowest BCUT2D eigenvalue weighted by molar-refractivity contribution is -0.904. The van der Waals surface area contributed by atoms with E-state index in [1.165, 1.54) is 51.9 Å². The van der Waals surface area contributed by atoms with Gasteiger partial charge >= 0.3 is 0 Å². The highest BCUT2D eigenvalue weighted by Gasteiger charge is 2.30. The summed E-state index contributed by atoms with van der Waals surface area (Å²) in [6.45, 7) is 16.7. The van der Waals surface area contributed by atoms with Gasteiger partial charge in [-0.3, -0.25) is 0 Å². The molecule has 0 radical (unpaired) electrons. The molecule has 3 rings (SSSR count). The number of hydrogen-bond donors (Lipinski definition) is 0. The molecule has 2 fully saturated rings. The molecule has 4 heteroatoms. The standard InChI is InChI=1S/C26H34N2.2BrH/c1-3-17-27(19-5-6-20-27)23-9-11-25-13-15-26(16-14-25)12-10-24-28(18-4-2)21-7-8-22-28;;/h3-4,13-16H,1-2,5-8,17-24H2;2*1H/q+2;;/p-2. The molecule has 0 aromatic heterocycles. The van der Waals surface area contributed by atoms with Crippen molar-refractivity contribution < 1.29 is 42.9 Å². The molecule has 0 N–H and O–H groups in total. The van der Waals surface area contributed by atoms with Gasteiger partial charge in [-0.05, 0) is 48.3 Å². The average Bonchev–Trinajstić information content (AvgIpc) is 3.34. The second-order valence-electron chi connectivity index (χ2n) is 8.43. The van der Waals surface area contributed by atoms with Gasteiger partial charge < -0.3 is 42.9 Å². The molecule has 0 amide bonds. The summed E-state index contributed by atoms with van der Waals surface area (Å²) >= 11 is 0. The third-order valence-corrected chi connectivity index (χ3v) is 6.24. The highest BCUT2D eigenvalue weighted by Crippen LogP contribution is 2.19. The van der Waals surface area contributed by atoms with Crippen LogP contribution in [-0.4, -0.2) is 61.3 Å². The number of hydrogen-bond acceptors (Lipinski definition) is 0. The molecule has 2 nitrogen and oxygen atoms in total. The lowest BCUT2D eigenvalue weighted by Gasteiger charge is -2.30. The van der Waals surface area contributed by atoms with Crippen molar-refractivity contribution in [2.24, 2.45) is 0 Å². The zero-order valence-electron chi connectivity index (χ0n) is 18.0. The summed E-state index contributed by atoms with van der Waals surface area (Å²) in [5.41, 5.74) is 2.16. The van der Waals surface area contributed by atoms with Crippen LogP contribution < -0.4 is 34.0 Å². The van der Waals surface area contributed by atoms with E-state index in [1.807, 2.05) is 12.2 Å². The fourth-order valence-corrected chi connectivity index (χ4v) is 4.63. The Bertz CT molecular complexity index is 724. The molecule has 2 heterocycles. The molecule has 2 aliphatic rings. The van der Waals surface area contributed by atoms with Gasteiger partial charge in [0.15, 0.2) is 0 Å². The minimum atomic E-state index is 0. The first-order chi connectivity index (χ1) is 13.7. The maximum absolute atomic E-state index is 3.93. The number of likely N-dealkylation sites (tertiary alicyclic amines) is 2. The van der Waals surface area contributed by atoms with Crippen LogP contribution in [0, 0.1) is 23.7 Å². The molecule has 2 aliphatic heterocycles. The van der Waals surface area contributed by atoms with Gasteiger partial charge in [0.2, 0.25) is 0 Å². The lowest BCUT2D eigenvalue weighted by Crippen LogP contribution is -3.00. The maximum atomic E-state index is 3.93. The smallest absolute Gasteiger partial charge is 0.141 e. The molecular weight excluding hydrogens is 500 g/mol. The van der Waals surface area contributed by atoms with Gasteiger partial charge in [-0.1, -0.05) is 25.0 Å². The molecule has 2 saturated heterocycles. The SMILES string of the molecule is C=CC[N+]1(CC#Cc2ccc(C#CC[N+]3(CC=C)CCCC3)cc2)CCCC1.[Br-].[Br-]. The average molecular weight is 534 g/mol. The summed E-state index contributed by atoms with van der Waals surface area (Å²) in [6.07, 6.45) is 9.35. The summed E-state index contributed by atoms with van der Waals surface area (Å²) in [5, 5.41) is 0. The molecule has 0 spiro atoms. The van der Waals surface area contributed by atoms with Crippen LogP contribution >= 0.6 is 0 Å². The third-order valence-electron chi connectivity index (χ3n) is 6.24. The van der Waals surface area contributed by atoms with Crippen molar-refractivity contribution in [2.75, 3.05) is 52.4 Å². The van der Waals surface area contributed by atoms with E-state index in [-0.39, 0.29) is 34.0 Å². The Hall–Kier alpha value is -1.30. The van der Waals surface area contributed by atoms with Gasteiger partial charge in [0.1, 0.15) is 13.1 Å². The van der Waals surface area contributed by atoms with E-state index in [0.29, 0.717) is 0 Å². The van der Waals surface area contributed by atoms with E-state index in [9.17, 15) is 0 Å². The number of quaternary nitrogens is 2. The minimum Gasteiger partial charge on any atom is -1.00 e. The summed E-state index contributed by atoms with van der Waals surface area (Å²) in [6, 6.07) is 8.40. The van der Waals surface area contributed by atoms with Gasteiger partial charge in [-0.25, -0.2) is 0 Å². The van der Waals surface area contributed by atoms with E-state index in [2.05, 4.69) is 61.1 Å². The number of rotatable bonds is 6. The summed E-state index contributed by atoms with van der Waals surface area (Å²) in [7, 11) is 0. The van der Waals surface area contributed by atoms with Crippen LogP contribution in [0.15, 0.2) is 49.6 Å². The summed E-state index contributed by atoms with van der Waals surface area (Å²) in [5.74, 6) is 13.5. The Morgan fingerprint density at radius 2 is 1.00 bits per heavy atom. The van der Waals surface area contributed by atoms with Gasteiger partial charge in [0.25, 0.3) is 0 Å². The first-order valence-corrected chi connectivity index (χ1v) is 10.7. The van der Waals surface area contributed by atoms with Crippen molar-refractivity contribution >= 4 is 0 Å². The normalized spacial score (nSPS) is 17.9. The highest BCUT2D eigenvalue weighted by atomic mass is 79.9. The van der Waals surface area contributed by atoms with E-state index in [1.54, 1.807) is 0 Å². The Morgan fingerprint density at radius 3 is 1.30 bits per heavy atom. The maximum Gasteiger partial charge on any atom is 0.141 e. The van der Waals surface area contributed by atoms with Crippen LogP contribution in [0.5, 0.6) is 0 Å². The zero-order chi connectivity index (χ0) is 19.7. The van der Waals surface area contributed by atoms with Crippen LogP contribution in [0.1, 0.15) is 36.8 Å². The predicted molar refractivity (Wildman–Crippen MR) is 119 cm³/mol. The topological polar surface area (TPSA) is 0 Å². The molecule has 0 unspecified atom stereocenters. The summed E-state index contributed by atoms with van der Waals surface area (Å²) in [4.78, 5) is 0. The van der Waals surface area contributed by atoms with Crippen molar-refractivity contribution in [3.8, 4) is 23.7 Å². The van der Waals surface area contributed by atoms with Crippen LogP contribution in [0.4, 0.5) is 0 Å². The predicted octanol–water partition coefficient (Wildman–Crippen LogP) is -2.01. The number of halogens is 2. The van der Waals surface area contributed by atoms with Crippen LogP contribution in [-0.2, 0) is 0 Å². The molecule has 30 heavy (non-hydrogen) atoms. The van der Waals surface area contributed by atoms with E-state index >= 15 is 0 Å². The lowest BCUT2D eigenvalue weighted by atomic mass is 10.1. The van der Waals surface area contributed by atoms with Crippen molar-refractivity contribution in [1.29, 1.82) is 0 Å². The van der Waals surface area contributed by atoms with E-state index in [4.69, 9.17) is 0 Å². The van der Waals surface area contributed by atoms with E-state index < -0.39 is 0 Å². The fourth-order valence-electron chi connectivity index (χ4n) is 4.63. The Morgan fingerprint density at radius 1 is 0.667 bits per heavy atom. The quantitative estimate of drug-likeness (QED) is 0.225. The second kappa shape index (κ2) is 13.2. The van der Waals surface area contributed by atoms with Crippen molar-refractivity contribution in [2.45, 2.75) is 25.7 Å². The number of nitrogens with zero attached hydrogens (tertiary/aromatic N) is 2. The largest absolute Gasteiger partial charge is 1.00 e. The minimum absolute atomic E-state index is 0. The summed E-state index contributed by atoms with van der Waals surface area (Å²) < 4.78 is 2.18. The van der Waals surface area contributed by atoms with Gasteiger partial charge in [-0.2, -0.15) is 0 Å². The Kier molecular flexibility index (Phi) is 11.7. The Labute approximate surface area is 204 Å². The molecule has 0 aliphatic carbocycles. The molecule has 0 atom stereocenters. The van der Waals surface area contributed by atoms with E-state index in [0.717, 1.165) is 46.3 Å². The third kappa shape index (κ3) is 7.44. The van der Waals surface area contributed by atoms with Crippen LogP contribution in [0.2, 0.25) is 0 Å². The second-order valence-corrected chi connectivity index (χ2v) is 8.43. The van der Waals surface area contributed by atoms with Crippen LogP contribution in [0.25, 0.3) is 0 Å². The zero-order valence-corrected chi connectivity index (χ0v) is 21.2. The Balaban J connectivity index is 0.00000225. The molecule has 0 bridgehead atoms. The molecule has 1 aromatic rings. The van der Waals surface area contributed by atoms with Gasteiger partial charge in [-0.15, -0.1) is 0 Å². The molecule has 162 valence electrons. The first-order valence-electron chi connectivity index (χ1n) is 10.7. The van der Waals surface area contributed by atoms with Crippen LogP contribution in [0.3, 0.4) is 0 Å². The van der Waals surface area contributed by atoms with Crippen molar-refractivity contribution in [3.05, 3.63) is 60.7 Å².